The van der Waals surface area contributed by atoms with Crippen LogP contribution in [0.15, 0.2) is 48.5 Å². The van der Waals surface area contributed by atoms with Crippen LogP contribution in [0.3, 0.4) is 0 Å². The fourth-order valence-electron chi connectivity index (χ4n) is 4.65. The summed E-state index contributed by atoms with van der Waals surface area (Å²) in [6.07, 6.45) is 0.244. The molecule has 0 spiro atoms. The van der Waals surface area contributed by atoms with Crippen molar-refractivity contribution in [2.45, 2.75) is 32.2 Å². The summed E-state index contributed by atoms with van der Waals surface area (Å²) >= 11 is 0. The van der Waals surface area contributed by atoms with E-state index in [0.29, 0.717) is 6.42 Å². The topological polar surface area (TPSA) is 66.8 Å². The molecule has 5 nitrogen and oxygen atoms in total. The Balaban J connectivity index is 1.50. The number of aliphatic carboxylic acids is 1. The van der Waals surface area contributed by atoms with E-state index in [-0.39, 0.29) is 31.0 Å². The maximum absolute atomic E-state index is 12.8. The summed E-state index contributed by atoms with van der Waals surface area (Å²) in [4.78, 5) is 25.9. The molecular weight excluding hydrogens is 354 g/mol. The third kappa shape index (κ3) is 3.15. The number of hydrogen-bond acceptors (Lipinski definition) is 3. The van der Waals surface area contributed by atoms with Gasteiger partial charge in [0, 0.05) is 18.5 Å². The van der Waals surface area contributed by atoms with Gasteiger partial charge in [-0.25, -0.2) is 4.79 Å². The van der Waals surface area contributed by atoms with Crippen LogP contribution >= 0.6 is 0 Å². The molecule has 146 valence electrons. The van der Waals surface area contributed by atoms with Gasteiger partial charge >= 0.3 is 12.1 Å². The maximum atomic E-state index is 12.8. The van der Waals surface area contributed by atoms with E-state index in [4.69, 9.17) is 4.74 Å². The molecule has 2 aromatic rings. The van der Waals surface area contributed by atoms with E-state index in [2.05, 4.69) is 24.3 Å². The number of nitrogens with zero attached hydrogens (tertiary/aromatic N) is 1. The number of carbonyl (C=O) groups is 2. The number of fused-ring (bicyclic) bond motifs is 3. The maximum Gasteiger partial charge on any atom is 0.410 e. The molecule has 2 aliphatic rings. The third-order valence-electron chi connectivity index (χ3n) is 6.21. The van der Waals surface area contributed by atoms with Gasteiger partial charge in [-0.15, -0.1) is 0 Å². The van der Waals surface area contributed by atoms with Crippen molar-refractivity contribution in [3.8, 4) is 11.1 Å². The van der Waals surface area contributed by atoms with Crippen LogP contribution in [0.1, 0.15) is 37.3 Å². The van der Waals surface area contributed by atoms with E-state index >= 15 is 0 Å². The van der Waals surface area contributed by atoms with Gasteiger partial charge in [0.05, 0.1) is 5.92 Å². The van der Waals surface area contributed by atoms with E-state index in [9.17, 15) is 14.7 Å². The number of carbonyl (C=O) groups excluding carboxylic acids is 1. The second-order valence-corrected chi connectivity index (χ2v) is 7.96. The predicted molar refractivity (Wildman–Crippen MR) is 106 cm³/mol. The Morgan fingerprint density at radius 2 is 1.61 bits per heavy atom. The van der Waals surface area contributed by atoms with Crippen LogP contribution in [-0.2, 0) is 9.53 Å². The molecular formula is C23H25NO4. The minimum absolute atomic E-state index is 0.00522. The average Bonchev–Trinajstić information content (AvgIpc) is 3.00. The molecule has 5 heteroatoms. The van der Waals surface area contributed by atoms with Crippen molar-refractivity contribution in [2.75, 3.05) is 13.2 Å². The summed E-state index contributed by atoms with van der Waals surface area (Å²) in [6.45, 7) is 4.35. The largest absolute Gasteiger partial charge is 0.481 e. The molecule has 0 saturated carbocycles. The Kier molecular flexibility index (Phi) is 4.84. The highest BCUT2D eigenvalue weighted by Crippen LogP contribution is 2.44. The minimum atomic E-state index is -0.851. The Morgan fingerprint density at radius 3 is 2.18 bits per heavy atom. The summed E-state index contributed by atoms with van der Waals surface area (Å²) in [6, 6.07) is 16.4. The third-order valence-corrected chi connectivity index (χ3v) is 6.21. The Hall–Kier alpha value is -2.82. The van der Waals surface area contributed by atoms with Crippen LogP contribution in [0.25, 0.3) is 11.1 Å². The molecule has 4 rings (SSSR count). The quantitative estimate of drug-likeness (QED) is 0.860. The first kappa shape index (κ1) is 18.5. The molecule has 0 radical (unpaired) electrons. The van der Waals surface area contributed by atoms with Crippen molar-refractivity contribution in [1.29, 1.82) is 0 Å². The molecule has 1 fully saturated rings. The van der Waals surface area contributed by atoms with Crippen LogP contribution < -0.4 is 0 Å². The molecule has 28 heavy (non-hydrogen) atoms. The number of amides is 1. The number of ether oxygens (including phenoxy) is 1. The van der Waals surface area contributed by atoms with Gasteiger partial charge < -0.3 is 14.7 Å². The Morgan fingerprint density at radius 1 is 1.04 bits per heavy atom. The van der Waals surface area contributed by atoms with Crippen LogP contribution in [0.4, 0.5) is 4.79 Å². The van der Waals surface area contributed by atoms with E-state index in [0.717, 1.165) is 0 Å². The van der Waals surface area contributed by atoms with Crippen LogP contribution in [0.2, 0.25) is 0 Å². The molecule has 1 amide bonds. The molecule has 3 atom stereocenters. The Bertz CT molecular complexity index is 863. The summed E-state index contributed by atoms with van der Waals surface area (Å²) in [5, 5.41) is 9.44. The van der Waals surface area contributed by atoms with Gasteiger partial charge in [0.1, 0.15) is 6.61 Å². The van der Waals surface area contributed by atoms with Gasteiger partial charge in [-0.3, -0.25) is 4.79 Å². The summed E-state index contributed by atoms with van der Waals surface area (Å²) in [5.41, 5.74) is 4.70. The number of benzene rings is 2. The fourth-order valence-corrected chi connectivity index (χ4v) is 4.65. The van der Waals surface area contributed by atoms with Gasteiger partial charge in [-0.1, -0.05) is 55.5 Å². The zero-order valence-corrected chi connectivity index (χ0v) is 16.2. The van der Waals surface area contributed by atoms with Gasteiger partial charge in [0.2, 0.25) is 0 Å². The fraction of sp³-hybridized carbons (Fsp3) is 0.391. The van der Waals surface area contributed by atoms with Crippen molar-refractivity contribution in [3.63, 3.8) is 0 Å². The number of carboxylic acids is 1. The molecule has 1 heterocycles. The van der Waals surface area contributed by atoms with Gasteiger partial charge in [-0.2, -0.15) is 0 Å². The zero-order chi connectivity index (χ0) is 19.8. The second kappa shape index (κ2) is 7.30. The minimum Gasteiger partial charge on any atom is -0.481 e. The molecule has 1 aliphatic carbocycles. The molecule has 1 aliphatic heterocycles. The lowest BCUT2D eigenvalue weighted by molar-refractivity contribution is -0.146. The normalized spacial score (nSPS) is 23.8. The molecule has 0 aromatic heterocycles. The van der Waals surface area contributed by atoms with Crippen LogP contribution in [0.5, 0.6) is 0 Å². The first-order chi connectivity index (χ1) is 13.5. The van der Waals surface area contributed by atoms with E-state index in [1.54, 1.807) is 4.90 Å². The van der Waals surface area contributed by atoms with E-state index in [1.807, 2.05) is 38.1 Å². The monoisotopic (exact) mass is 379 g/mol. The first-order valence-corrected chi connectivity index (χ1v) is 9.81. The number of rotatable bonds is 3. The van der Waals surface area contributed by atoms with Crippen molar-refractivity contribution in [2.24, 2.45) is 11.8 Å². The van der Waals surface area contributed by atoms with Crippen LogP contribution in [0, 0.1) is 11.8 Å². The van der Waals surface area contributed by atoms with Crippen molar-refractivity contribution in [3.05, 3.63) is 59.7 Å². The number of likely N-dealkylation sites (tertiary alicyclic amines) is 1. The summed E-state index contributed by atoms with van der Waals surface area (Å²) in [5.74, 6) is -1.34. The smallest absolute Gasteiger partial charge is 0.410 e. The van der Waals surface area contributed by atoms with Gasteiger partial charge in [0.25, 0.3) is 0 Å². The zero-order valence-electron chi connectivity index (χ0n) is 16.2. The number of hydrogen-bond donors (Lipinski definition) is 1. The Labute approximate surface area is 164 Å². The lowest BCUT2D eigenvalue weighted by atomic mass is 9.84. The van der Waals surface area contributed by atoms with Crippen molar-refractivity contribution >= 4 is 12.1 Å². The SMILES string of the molecule is CC1CC(C)N(C(=O)OCC2c3ccccc3-c3ccccc32)CC1C(=O)O. The first-order valence-electron chi connectivity index (χ1n) is 9.81. The highest BCUT2D eigenvalue weighted by molar-refractivity contribution is 5.79. The lowest BCUT2D eigenvalue weighted by Crippen LogP contribution is -2.50. The average molecular weight is 379 g/mol. The van der Waals surface area contributed by atoms with Gasteiger partial charge in [0.15, 0.2) is 0 Å². The predicted octanol–water partition coefficient (Wildman–Crippen LogP) is 4.37. The second-order valence-electron chi connectivity index (χ2n) is 7.96. The van der Waals surface area contributed by atoms with Crippen molar-refractivity contribution < 1.29 is 19.4 Å². The molecule has 3 unspecified atom stereocenters. The molecule has 0 bridgehead atoms. The standard InChI is InChI=1S/C23H25NO4/c1-14-11-15(2)24(12-20(14)22(25)26)23(27)28-13-21-18-9-5-3-7-16(18)17-8-4-6-10-19(17)21/h3-10,14-15,20-21H,11-13H2,1-2H3,(H,25,26). The highest BCUT2D eigenvalue weighted by atomic mass is 16.6. The lowest BCUT2D eigenvalue weighted by Gasteiger charge is -2.39. The highest BCUT2D eigenvalue weighted by Gasteiger charge is 2.38. The summed E-state index contributed by atoms with van der Waals surface area (Å²) < 4.78 is 5.71. The molecule has 1 saturated heterocycles. The van der Waals surface area contributed by atoms with E-state index in [1.165, 1.54) is 22.3 Å². The van der Waals surface area contributed by atoms with E-state index < -0.39 is 18.0 Å². The van der Waals surface area contributed by atoms with Crippen LogP contribution in [-0.4, -0.2) is 41.3 Å². The summed E-state index contributed by atoms with van der Waals surface area (Å²) in [7, 11) is 0. The molecule has 1 N–H and O–H groups in total. The number of piperidine rings is 1. The molecule has 2 aromatic carbocycles. The van der Waals surface area contributed by atoms with Gasteiger partial charge in [-0.05, 0) is 41.5 Å². The number of carboxylic acid groups (broad SMARTS) is 1. The van der Waals surface area contributed by atoms with Crippen molar-refractivity contribution in [1.82, 2.24) is 4.90 Å².